The highest BCUT2D eigenvalue weighted by Crippen LogP contribution is 2.35. The smallest absolute Gasteiger partial charge is 0.251 e. The summed E-state index contributed by atoms with van der Waals surface area (Å²) in [4.78, 5) is 12.4. The molecule has 0 radical (unpaired) electrons. The summed E-state index contributed by atoms with van der Waals surface area (Å²) in [5, 5.41) is 4.18. The van der Waals surface area contributed by atoms with Crippen molar-refractivity contribution in [1.29, 1.82) is 0 Å². The van der Waals surface area contributed by atoms with Crippen LogP contribution in [0.4, 0.5) is 0 Å². The molecule has 0 atom stereocenters. The van der Waals surface area contributed by atoms with Crippen LogP contribution in [0.2, 0.25) is 0 Å². The molecule has 0 bridgehead atoms. The third-order valence-electron chi connectivity index (χ3n) is 4.25. The molecule has 3 rings (SSSR count). The number of hydrogen-bond acceptors (Lipinski definition) is 3. The zero-order chi connectivity index (χ0) is 18.5. The number of fused-ring (bicyclic) bond motifs is 1. The summed E-state index contributed by atoms with van der Waals surface area (Å²) < 4.78 is 13.5. The molecule has 2 aromatic carbocycles. The molecule has 0 aliphatic rings. The highest BCUT2D eigenvalue weighted by Gasteiger charge is 2.14. The lowest BCUT2D eigenvalue weighted by Gasteiger charge is -2.12. The predicted molar refractivity (Wildman–Crippen MR) is 106 cm³/mol. The van der Waals surface area contributed by atoms with Crippen LogP contribution in [0.25, 0.3) is 10.9 Å². The molecule has 0 spiro atoms. The van der Waals surface area contributed by atoms with Gasteiger partial charge in [-0.05, 0) is 52.0 Å². The number of aryl methyl sites for hydroxylation is 1. The van der Waals surface area contributed by atoms with Crippen LogP contribution in [0, 0.1) is 0 Å². The molecule has 5 nitrogen and oxygen atoms in total. The van der Waals surface area contributed by atoms with Crippen molar-refractivity contribution in [2.75, 3.05) is 20.8 Å². The quantitative estimate of drug-likeness (QED) is 0.585. The van der Waals surface area contributed by atoms with Crippen molar-refractivity contribution in [2.24, 2.45) is 0 Å². The number of nitrogens with one attached hydrogen (secondary N) is 1. The topological polar surface area (TPSA) is 52.5 Å². The minimum absolute atomic E-state index is 0.147. The molecule has 0 fully saturated rings. The van der Waals surface area contributed by atoms with Crippen LogP contribution < -0.4 is 14.8 Å². The highest BCUT2D eigenvalue weighted by molar-refractivity contribution is 9.10. The summed E-state index contributed by atoms with van der Waals surface area (Å²) in [7, 11) is 3.12. The fourth-order valence-electron chi connectivity index (χ4n) is 2.89. The lowest BCUT2D eigenvalue weighted by Crippen LogP contribution is -2.25. The molecule has 0 aliphatic heterocycles. The van der Waals surface area contributed by atoms with Gasteiger partial charge in [0.25, 0.3) is 5.91 Å². The molecule has 1 aromatic heterocycles. The third-order valence-corrected chi connectivity index (χ3v) is 5.03. The van der Waals surface area contributed by atoms with Crippen molar-refractivity contribution in [3.8, 4) is 11.5 Å². The van der Waals surface area contributed by atoms with Crippen LogP contribution in [0.15, 0.2) is 53.1 Å². The van der Waals surface area contributed by atoms with Gasteiger partial charge in [0, 0.05) is 30.4 Å². The maximum absolute atomic E-state index is 12.4. The van der Waals surface area contributed by atoms with Gasteiger partial charge in [0.1, 0.15) is 16.0 Å². The SMILES string of the molecule is COc1cc(C(=O)NCCCn2ccc3ccccc32)cc(OC)c1Br. The average Bonchev–Trinajstić information content (AvgIpc) is 3.08. The number of benzene rings is 2. The molecule has 1 N–H and O–H groups in total. The number of nitrogens with zero attached hydrogens (tertiary/aromatic N) is 1. The van der Waals surface area contributed by atoms with E-state index in [1.165, 1.54) is 10.9 Å². The van der Waals surface area contributed by atoms with Crippen LogP contribution >= 0.6 is 15.9 Å². The van der Waals surface area contributed by atoms with Crippen LogP contribution in [-0.4, -0.2) is 31.2 Å². The number of carbonyl (C=O) groups excluding carboxylic acids is 1. The van der Waals surface area contributed by atoms with E-state index in [1.807, 2.05) is 12.1 Å². The second kappa shape index (κ2) is 8.27. The first-order valence-corrected chi connectivity index (χ1v) is 9.17. The predicted octanol–water partition coefficient (Wildman–Crippen LogP) is 4.24. The molecule has 0 saturated carbocycles. The van der Waals surface area contributed by atoms with Gasteiger partial charge < -0.3 is 19.4 Å². The number of rotatable bonds is 7. The van der Waals surface area contributed by atoms with E-state index >= 15 is 0 Å². The Kier molecular flexibility index (Phi) is 5.83. The molecule has 136 valence electrons. The van der Waals surface area contributed by atoms with Gasteiger partial charge in [-0.3, -0.25) is 4.79 Å². The Labute approximate surface area is 161 Å². The minimum Gasteiger partial charge on any atom is -0.495 e. The van der Waals surface area contributed by atoms with Gasteiger partial charge in [-0.25, -0.2) is 0 Å². The van der Waals surface area contributed by atoms with E-state index in [9.17, 15) is 4.79 Å². The molecule has 0 unspecified atom stereocenters. The van der Waals surface area contributed by atoms with E-state index in [4.69, 9.17) is 9.47 Å². The Balaban J connectivity index is 1.59. The number of aromatic nitrogens is 1. The number of methoxy groups -OCH3 is 2. The molecule has 6 heteroatoms. The summed E-state index contributed by atoms with van der Waals surface area (Å²) in [6, 6.07) is 13.8. The second-order valence-electron chi connectivity index (χ2n) is 5.87. The van der Waals surface area contributed by atoms with Gasteiger partial charge in [0.2, 0.25) is 0 Å². The van der Waals surface area contributed by atoms with Crippen LogP contribution in [0.1, 0.15) is 16.8 Å². The fourth-order valence-corrected chi connectivity index (χ4v) is 3.44. The van der Waals surface area contributed by atoms with Gasteiger partial charge in [0.15, 0.2) is 0 Å². The molecule has 0 aliphatic carbocycles. The Hall–Kier alpha value is -2.47. The first-order chi connectivity index (χ1) is 12.6. The van der Waals surface area contributed by atoms with E-state index < -0.39 is 0 Å². The summed E-state index contributed by atoms with van der Waals surface area (Å²) >= 11 is 3.41. The Morgan fingerprint density at radius 3 is 2.50 bits per heavy atom. The lowest BCUT2D eigenvalue weighted by atomic mass is 10.2. The molecular formula is C20H21BrN2O3. The van der Waals surface area contributed by atoms with Crippen LogP contribution in [-0.2, 0) is 6.54 Å². The number of amides is 1. The maximum atomic E-state index is 12.4. The fraction of sp³-hybridized carbons (Fsp3) is 0.250. The zero-order valence-corrected chi connectivity index (χ0v) is 16.4. The van der Waals surface area contributed by atoms with Crippen molar-refractivity contribution in [1.82, 2.24) is 9.88 Å². The van der Waals surface area contributed by atoms with Crippen molar-refractivity contribution in [3.05, 3.63) is 58.7 Å². The van der Waals surface area contributed by atoms with Crippen LogP contribution in [0.3, 0.4) is 0 Å². The number of ether oxygens (including phenoxy) is 2. The Morgan fingerprint density at radius 2 is 1.81 bits per heavy atom. The van der Waals surface area contributed by atoms with Crippen molar-refractivity contribution >= 4 is 32.7 Å². The minimum atomic E-state index is -0.147. The van der Waals surface area contributed by atoms with Gasteiger partial charge in [-0.2, -0.15) is 0 Å². The van der Waals surface area contributed by atoms with E-state index in [0.29, 0.717) is 28.1 Å². The molecule has 0 saturated heterocycles. The highest BCUT2D eigenvalue weighted by atomic mass is 79.9. The largest absolute Gasteiger partial charge is 0.495 e. The van der Waals surface area contributed by atoms with Crippen molar-refractivity contribution in [2.45, 2.75) is 13.0 Å². The third kappa shape index (κ3) is 3.85. The maximum Gasteiger partial charge on any atom is 0.251 e. The summed E-state index contributed by atoms with van der Waals surface area (Å²) in [5.74, 6) is 0.980. The van der Waals surface area contributed by atoms with Crippen LogP contribution in [0.5, 0.6) is 11.5 Å². The molecule has 26 heavy (non-hydrogen) atoms. The summed E-state index contributed by atoms with van der Waals surface area (Å²) in [6.45, 7) is 1.44. The molecule has 1 amide bonds. The number of halogens is 1. The van der Waals surface area contributed by atoms with Gasteiger partial charge in [-0.15, -0.1) is 0 Å². The van der Waals surface area contributed by atoms with E-state index in [0.717, 1.165) is 13.0 Å². The summed E-state index contributed by atoms with van der Waals surface area (Å²) in [5.41, 5.74) is 1.72. The number of carbonyl (C=O) groups is 1. The molecule has 1 heterocycles. The van der Waals surface area contributed by atoms with Gasteiger partial charge in [-0.1, -0.05) is 18.2 Å². The van der Waals surface area contributed by atoms with E-state index in [-0.39, 0.29) is 5.91 Å². The van der Waals surface area contributed by atoms with E-state index in [2.05, 4.69) is 50.2 Å². The Morgan fingerprint density at radius 1 is 1.12 bits per heavy atom. The normalized spacial score (nSPS) is 10.7. The average molecular weight is 417 g/mol. The molecular weight excluding hydrogens is 396 g/mol. The van der Waals surface area contributed by atoms with E-state index in [1.54, 1.807) is 26.4 Å². The van der Waals surface area contributed by atoms with Crippen molar-refractivity contribution < 1.29 is 14.3 Å². The number of hydrogen-bond donors (Lipinski definition) is 1. The van der Waals surface area contributed by atoms with Crippen molar-refractivity contribution in [3.63, 3.8) is 0 Å². The standard InChI is InChI=1S/C20H21BrN2O3/c1-25-17-12-15(13-18(26-2)19(17)21)20(24)22-9-5-10-23-11-8-14-6-3-4-7-16(14)23/h3-4,6-8,11-13H,5,9-10H2,1-2H3,(H,22,24). The zero-order valence-electron chi connectivity index (χ0n) is 14.8. The lowest BCUT2D eigenvalue weighted by molar-refractivity contribution is 0.0952. The second-order valence-corrected chi connectivity index (χ2v) is 6.67. The first kappa shape index (κ1) is 18.3. The Bertz CT molecular complexity index is 895. The monoisotopic (exact) mass is 416 g/mol. The van der Waals surface area contributed by atoms with Gasteiger partial charge in [0.05, 0.1) is 14.2 Å². The number of para-hydroxylation sites is 1. The summed E-state index contributed by atoms with van der Waals surface area (Å²) in [6.07, 6.45) is 2.92. The van der Waals surface area contributed by atoms with Gasteiger partial charge >= 0.3 is 0 Å². The molecule has 3 aromatic rings. The first-order valence-electron chi connectivity index (χ1n) is 8.37.